The zero-order valence-corrected chi connectivity index (χ0v) is 17.0. The van der Waals surface area contributed by atoms with Crippen molar-refractivity contribution >= 4 is 0 Å². The van der Waals surface area contributed by atoms with Crippen LogP contribution in [0.3, 0.4) is 0 Å². The summed E-state index contributed by atoms with van der Waals surface area (Å²) in [6.45, 7) is 7.68. The molecule has 0 spiro atoms. The lowest BCUT2D eigenvalue weighted by Crippen LogP contribution is -2.26. The van der Waals surface area contributed by atoms with Crippen LogP contribution in [0.5, 0.6) is 0 Å². The molecule has 2 saturated carbocycles. The molecule has 1 heteroatoms. The van der Waals surface area contributed by atoms with Gasteiger partial charge in [-0.3, -0.25) is 0 Å². The van der Waals surface area contributed by atoms with Crippen molar-refractivity contribution in [2.24, 2.45) is 23.7 Å². The van der Waals surface area contributed by atoms with Gasteiger partial charge in [-0.1, -0.05) is 77.2 Å². The maximum Gasteiger partial charge on any atom is 0.0644 e. The quantitative estimate of drug-likeness (QED) is 0.261. The molecule has 0 N–H and O–H groups in total. The summed E-state index contributed by atoms with van der Waals surface area (Å²) in [7, 11) is 0. The van der Waals surface area contributed by atoms with Crippen LogP contribution in [0.1, 0.15) is 103 Å². The first kappa shape index (κ1) is 21.0. The van der Waals surface area contributed by atoms with Crippen molar-refractivity contribution in [3.05, 3.63) is 12.7 Å². The predicted molar refractivity (Wildman–Crippen MR) is 110 cm³/mol. The summed E-state index contributed by atoms with van der Waals surface area (Å²) in [5, 5.41) is 0. The molecule has 2 aliphatic carbocycles. The number of unbranched alkanes of at least 4 members (excludes halogenated alkanes) is 4. The van der Waals surface area contributed by atoms with Crippen molar-refractivity contribution in [3.8, 4) is 0 Å². The fraction of sp³-hybridized carbons (Fsp3) is 0.917. The summed E-state index contributed by atoms with van der Waals surface area (Å²) in [5.41, 5.74) is 0. The van der Waals surface area contributed by atoms with Crippen molar-refractivity contribution in [1.82, 2.24) is 0 Å². The minimum atomic E-state index is 0.719. The van der Waals surface area contributed by atoms with Crippen LogP contribution in [0.25, 0.3) is 0 Å². The van der Waals surface area contributed by atoms with Gasteiger partial charge in [0.2, 0.25) is 0 Å². The summed E-state index contributed by atoms with van der Waals surface area (Å²) in [6.07, 6.45) is 24.0. The van der Waals surface area contributed by atoms with Gasteiger partial charge < -0.3 is 4.74 Å². The highest BCUT2D eigenvalue weighted by molar-refractivity contribution is 4.82. The minimum absolute atomic E-state index is 0.719. The third-order valence-corrected chi connectivity index (χ3v) is 7.07. The minimum Gasteiger partial charge on any atom is -0.377 e. The van der Waals surface area contributed by atoms with Crippen molar-refractivity contribution in [2.45, 2.75) is 103 Å². The topological polar surface area (TPSA) is 9.23 Å². The van der Waals surface area contributed by atoms with Gasteiger partial charge in [0.05, 0.1) is 6.61 Å². The van der Waals surface area contributed by atoms with E-state index in [9.17, 15) is 0 Å². The zero-order valence-electron chi connectivity index (χ0n) is 17.0. The molecular weight excluding hydrogens is 304 g/mol. The van der Waals surface area contributed by atoms with Crippen molar-refractivity contribution in [3.63, 3.8) is 0 Å². The van der Waals surface area contributed by atoms with Crippen molar-refractivity contribution < 1.29 is 4.74 Å². The first-order valence-electron chi connectivity index (χ1n) is 11.5. The number of hydrogen-bond acceptors (Lipinski definition) is 1. The second-order valence-electron chi connectivity index (χ2n) is 8.92. The fourth-order valence-electron chi connectivity index (χ4n) is 5.35. The van der Waals surface area contributed by atoms with Gasteiger partial charge in [-0.2, -0.15) is 0 Å². The molecule has 2 rings (SSSR count). The van der Waals surface area contributed by atoms with Crippen LogP contribution in [0.2, 0.25) is 0 Å². The Bertz CT molecular complexity index is 321. The normalized spacial score (nSPS) is 30.3. The van der Waals surface area contributed by atoms with E-state index in [4.69, 9.17) is 4.74 Å². The Kier molecular flexibility index (Phi) is 10.9. The molecule has 0 atom stereocenters. The number of ether oxygens (including phenoxy) is 1. The van der Waals surface area contributed by atoms with Gasteiger partial charge in [-0.15, -0.1) is 6.58 Å². The summed E-state index contributed by atoms with van der Waals surface area (Å²) in [5.74, 6) is 4.11. The van der Waals surface area contributed by atoms with Gasteiger partial charge in [-0.05, 0) is 55.8 Å². The first-order chi connectivity index (χ1) is 12.3. The second kappa shape index (κ2) is 13.0. The molecule has 0 unspecified atom stereocenters. The highest BCUT2D eigenvalue weighted by atomic mass is 16.5. The first-order valence-corrected chi connectivity index (χ1v) is 11.5. The van der Waals surface area contributed by atoms with Gasteiger partial charge in [0.25, 0.3) is 0 Å². The average molecular weight is 349 g/mol. The van der Waals surface area contributed by atoms with E-state index >= 15 is 0 Å². The Morgan fingerprint density at radius 3 is 1.88 bits per heavy atom. The number of rotatable bonds is 12. The largest absolute Gasteiger partial charge is 0.377 e. The summed E-state index contributed by atoms with van der Waals surface area (Å²) in [4.78, 5) is 0. The number of hydrogen-bond donors (Lipinski definition) is 0. The highest BCUT2D eigenvalue weighted by Crippen LogP contribution is 2.42. The van der Waals surface area contributed by atoms with Crippen LogP contribution in [0, 0.1) is 23.7 Å². The van der Waals surface area contributed by atoms with E-state index in [1.165, 1.54) is 96.3 Å². The third-order valence-electron chi connectivity index (χ3n) is 7.07. The predicted octanol–water partition coefficient (Wildman–Crippen LogP) is 7.55. The molecule has 146 valence electrons. The van der Waals surface area contributed by atoms with Crippen LogP contribution in [0.15, 0.2) is 12.7 Å². The van der Waals surface area contributed by atoms with E-state index in [-0.39, 0.29) is 0 Å². The van der Waals surface area contributed by atoms with E-state index in [0.717, 1.165) is 36.9 Å². The Hall–Kier alpha value is -0.300. The van der Waals surface area contributed by atoms with Gasteiger partial charge in [0, 0.05) is 6.61 Å². The smallest absolute Gasteiger partial charge is 0.0644 e. The Morgan fingerprint density at radius 2 is 1.32 bits per heavy atom. The van der Waals surface area contributed by atoms with E-state index in [2.05, 4.69) is 13.5 Å². The molecule has 0 aromatic heterocycles. The lowest BCUT2D eigenvalue weighted by molar-refractivity contribution is 0.110. The van der Waals surface area contributed by atoms with Gasteiger partial charge in [0.15, 0.2) is 0 Å². The monoisotopic (exact) mass is 348 g/mol. The van der Waals surface area contributed by atoms with Crippen LogP contribution in [-0.2, 0) is 4.74 Å². The van der Waals surface area contributed by atoms with Crippen LogP contribution >= 0.6 is 0 Å². The van der Waals surface area contributed by atoms with E-state index in [1.807, 2.05) is 6.08 Å². The molecule has 0 bridgehead atoms. The molecule has 2 aliphatic rings. The van der Waals surface area contributed by atoms with Crippen LogP contribution in [-0.4, -0.2) is 13.2 Å². The van der Waals surface area contributed by atoms with Crippen LogP contribution < -0.4 is 0 Å². The Balaban J connectivity index is 1.52. The van der Waals surface area contributed by atoms with Gasteiger partial charge in [-0.25, -0.2) is 0 Å². The third kappa shape index (κ3) is 8.29. The van der Waals surface area contributed by atoms with Crippen molar-refractivity contribution in [2.75, 3.05) is 13.2 Å². The maximum absolute atomic E-state index is 5.58. The maximum atomic E-state index is 5.58. The Labute approximate surface area is 158 Å². The summed E-state index contributed by atoms with van der Waals surface area (Å²) < 4.78 is 5.58. The van der Waals surface area contributed by atoms with E-state index < -0.39 is 0 Å². The molecule has 0 amide bonds. The molecule has 25 heavy (non-hydrogen) atoms. The molecule has 1 nitrogen and oxygen atoms in total. The molecule has 0 aromatic carbocycles. The van der Waals surface area contributed by atoms with Gasteiger partial charge in [0.1, 0.15) is 0 Å². The van der Waals surface area contributed by atoms with Crippen molar-refractivity contribution in [1.29, 1.82) is 0 Å². The second-order valence-corrected chi connectivity index (χ2v) is 8.92. The lowest BCUT2D eigenvalue weighted by atomic mass is 9.68. The molecule has 2 fully saturated rings. The summed E-state index contributed by atoms with van der Waals surface area (Å²) >= 11 is 0. The standard InChI is InChI=1S/C24H44O/c1-3-5-6-7-8-9-21-10-14-23(15-11-21)24-16-12-22(13-17-24)18-20-25-19-4-2/h4,21-24H,2-3,5-20H2,1H3/t21-,22-,23-,24-. The SMILES string of the molecule is C=CCOCC[C@H]1CC[C@H]([C@H]2CC[C@H](CCCCCCC)CC2)CC1. The van der Waals surface area contributed by atoms with Crippen LogP contribution in [0.4, 0.5) is 0 Å². The molecular formula is C24H44O. The zero-order chi connectivity index (χ0) is 17.7. The van der Waals surface area contributed by atoms with E-state index in [0.29, 0.717) is 0 Å². The summed E-state index contributed by atoms with van der Waals surface area (Å²) in [6, 6.07) is 0. The van der Waals surface area contributed by atoms with Gasteiger partial charge >= 0.3 is 0 Å². The Morgan fingerprint density at radius 1 is 0.760 bits per heavy atom. The average Bonchev–Trinajstić information content (AvgIpc) is 2.66. The molecule has 0 saturated heterocycles. The molecule has 0 heterocycles. The molecule has 0 radical (unpaired) electrons. The molecule has 0 aliphatic heterocycles. The molecule has 0 aromatic rings. The van der Waals surface area contributed by atoms with E-state index in [1.54, 1.807) is 0 Å². The fourth-order valence-corrected chi connectivity index (χ4v) is 5.35. The highest BCUT2D eigenvalue weighted by Gasteiger charge is 2.30. The lowest BCUT2D eigenvalue weighted by Gasteiger charge is -2.38.